The van der Waals surface area contributed by atoms with Gasteiger partial charge in [0.25, 0.3) is 0 Å². The molecule has 1 fully saturated rings. The molecular formula is C21H32N4O3. The van der Waals surface area contributed by atoms with Gasteiger partial charge in [-0.1, -0.05) is 25.0 Å². The predicted molar refractivity (Wildman–Crippen MR) is 110 cm³/mol. The Morgan fingerprint density at radius 2 is 1.93 bits per heavy atom. The van der Waals surface area contributed by atoms with Crippen molar-refractivity contribution in [2.45, 2.75) is 38.7 Å². The minimum atomic E-state index is -0.366. The molecule has 2 N–H and O–H groups in total. The molecule has 0 aromatic heterocycles. The highest BCUT2D eigenvalue weighted by atomic mass is 16.6. The number of guanidine groups is 1. The van der Waals surface area contributed by atoms with Gasteiger partial charge in [-0.3, -0.25) is 9.79 Å². The summed E-state index contributed by atoms with van der Waals surface area (Å²) in [6.45, 7) is 4.36. The van der Waals surface area contributed by atoms with Crippen LogP contribution in [0.3, 0.4) is 0 Å². The number of ether oxygens (including phenoxy) is 2. The van der Waals surface area contributed by atoms with Gasteiger partial charge in [-0.15, -0.1) is 0 Å². The van der Waals surface area contributed by atoms with Crippen molar-refractivity contribution in [3.63, 3.8) is 0 Å². The summed E-state index contributed by atoms with van der Waals surface area (Å²) in [5.74, 6) is 2.45. The lowest BCUT2D eigenvalue weighted by molar-refractivity contribution is -0.138. The van der Waals surface area contributed by atoms with Crippen LogP contribution >= 0.6 is 0 Å². The SMILES string of the molecule is CCNC(=NCC1(C(=O)N(C)C)CCCC1)NCC1COc2ccccc2O1. The summed E-state index contributed by atoms with van der Waals surface area (Å²) in [7, 11) is 3.65. The molecule has 28 heavy (non-hydrogen) atoms. The van der Waals surface area contributed by atoms with Gasteiger partial charge in [-0.2, -0.15) is 0 Å². The number of carbonyl (C=O) groups excluding carboxylic acids is 1. The van der Waals surface area contributed by atoms with Gasteiger partial charge in [-0.25, -0.2) is 0 Å². The van der Waals surface area contributed by atoms with Crippen LogP contribution in [-0.2, 0) is 4.79 Å². The molecule has 1 aromatic rings. The molecule has 7 nitrogen and oxygen atoms in total. The highest BCUT2D eigenvalue weighted by Gasteiger charge is 2.42. The summed E-state index contributed by atoms with van der Waals surface area (Å²) >= 11 is 0. The van der Waals surface area contributed by atoms with Crippen molar-refractivity contribution in [1.29, 1.82) is 0 Å². The van der Waals surface area contributed by atoms with Crippen LogP contribution in [0.1, 0.15) is 32.6 Å². The summed E-state index contributed by atoms with van der Waals surface area (Å²) in [4.78, 5) is 19.2. The van der Waals surface area contributed by atoms with E-state index in [0.29, 0.717) is 25.7 Å². The number of amides is 1. The molecule has 0 radical (unpaired) electrons. The molecule has 154 valence electrons. The standard InChI is InChI=1S/C21H32N4O3/c1-4-22-20(24-15-21(11-7-8-12-21)19(26)25(2)3)23-13-16-14-27-17-9-5-6-10-18(17)28-16/h5-6,9-10,16H,4,7-8,11-15H2,1-3H3,(H2,22,23,24). The zero-order valence-electron chi connectivity index (χ0n) is 17.2. The second-order valence-electron chi connectivity index (χ2n) is 7.76. The maximum atomic E-state index is 12.7. The Morgan fingerprint density at radius 3 is 2.61 bits per heavy atom. The molecular weight excluding hydrogens is 356 g/mol. The van der Waals surface area contributed by atoms with Gasteiger partial charge < -0.3 is 25.0 Å². The quantitative estimate of drug-likeness (QED) is 0.576. The number of fused-ring (bicyclic) bond motifs is 1. The maximum Gasteiger partial charge on any atom is 0.230 e. The monoisotopic (exact) mass is 388 g/mol. The van der Waals surface area contributed by atoms with E-state index in [1.54, 1.807) is 4.90 Å². The lowest BCUT2D eigenvalue weighted by Crippen LogP contribution is -2.46. The van der Waals surface area contributed by atoms with Crippen LogP contribution in [0.2, 0.25) is 0 Å². The Labute approximate surface area is 167 Å². The number of carbonyl (C=O) groups is 1. The molecule has 1 aliphatic carbocycles. The zero-order valence-corrected chi connectivity index (χ0v) is 17.2. The van der Waals surface area contributed by atoms with E-state index < -0.39 is 0 Å². The number of nitrogens with one attached hydrogen (secondary N) is 2. The van der Waals surface area contributed by atoms with Gasteiger partial charge >= 0.3 is 0 Å². The number of para-hydroxylation sites is 2. The molecule has 1 aliphatic heterocycles. The zero-order chi connectivity index (χ0) is 20.0. The third-order valence-electron chi connectivity index (χ3n) is 5.37. The third kappa shape index (κ3) is 4.69. The van der Waals surface area contributed by atoms with Crippen molar-refractivity contribution in [3.8, 4) is 11.5 Å². The van der Waals surface area contributed by atoms with Gasteiger partial charge in [0.1, 0.15) is 12.7 Å². The van der Waals surface area contributed by atoms with Gasteiger partial charge in [0, 0.05) is 20.6 Å². The van der Waals surface area contributed by atoms with Crippen LogP contribution in [-0.4, -0.2) is 63.2 Å². The molecule has 0 spiro atoms. The van der Waals surface area contributed by atoms with E-state index in [1.807, 2.05) is 45.3 Å². The molecule has 1 heterocycles. The number of rotatable bonds is 6. The average molecular weight is 389 g/mol. The Hall–Kier alpha value is -2.44. The van der Waals surface area contributed by atoms with E-state index in [4.69, 9.17) is 14.5 Å². The molecule has 3 rings (SSSR count). The van der Waals surface area contributed by atoms with Crippen molar-refractivity contribution in [1.82, 2.24) is 15.5 Å². The fourth-order valence-corrected chi connectivity index (χ4v) is 3.91. The van der Waals surface area contributed by atoms with Gasteiger partial charge in [0.05, 0.1) is 18.5 Å². The third-order valence-corrected chi connectivity index (χ3v) is 5.37. The molecule has 0 saturated heterocycles. The highest BCUT2D eigenvalue weighted by Crippen LogP contribution is 2.39. The van der Waals surface area contributed by atoms with E-state index in [-0.39, 0.29) is 17.4 Å². The van der Waals surface area contributed by atoms with E-state index in [1.165, 1.54) is 0 Å². The minimum Gasteiger partial charge on any atom is -0.486 e. The van der Waals surface area contributed by atoms with E-state index in [2.05, 4.69) is 10.6 Å². The van der Waals surface area contributed by atoms with Crippen LogP contribution in [0.5, 0.6) is 11.5 Å². The molecule has 7 heteroatoms. The number of nitrogens with zero attached hydrogens (tertiary/aromatic N) is 2. The topological polar surface area (TPSA) is 75.2 Å². The second-order valence-corrected chi connectivity index (χ2v) is 7.76. The molecule has 1 atom stereocenters. The molecule has 1 unspecified atom stereocenters. The van der Waals surface area contributed by atoms with Gasteiger partial charge in [0.2, 0.25) is 5.91 Å². The first-order valence-electron chi connectivity index (χ1n) is 10.2. The van der Waals surface area contributed by atoms with Crippen LogP contribution in [0.4, 0.5) is 0 Å². The second kappa shape index (κ2) is 9.17. The number of hydrogen-bond donors (Lipinski definition) is 2. The van der Waals surface area contributed by atoms with Crippen molar-refractivity contribution in [2.75, 3.05) is 40.3 Å². The summed E-state index contributed by atoms with van der Waals surface area (Å²) in [6, 6.07) is 7.70. The van der Waals surface area contributed by atoms with Crippen LogP contribution in [0.25, 0.3) is 0 Å². The Balaban J connectivity index is 1.61. The highest BCUT2D eigenvalue weighted by molar-refractivity contribution is 5.84. The Morgan fingerprint density at radius 1 is 1.21 bits per heavy atom. The molecule has 1 aromatic carbocycles. The van der Waals surface area contributed by atoms with E-state index in [9.17, 15) is 4.79 Å². The lowest BCUT2D eigenvalue weighted by Gasteiger charge is -2.30. The number of hydrogen-bond acceptors (Lipinski definition) is 4. The first-order valence-corrected chi connectivity index (χ1v) is 10.2. The molecule has 1 amide bonds. The first kappa shape index (κ1) is 20.3. The Kier molecular flexibility index (Phi) is 6.65. The summed E-state index contributed by atoms with van der Waals surface area (Å²) in [6.07, 6.45) is 3.90. The predicted octanol–water partition coefficient (Wildman–Crippen LogP) is 2.03. The van der Waals surface area contributed by atoms with E-state index in [0.717, 1.165) is 43.7 Å². The molecule has 1 saturated carbocycles. The summed E-state index contributed by atoms with van der Waals surface area (Å²) < 4.78 is 11.8. The first-order chi connectivity index (χ1) is 13.5. The van der Waals surface area contributed by atoms with Crippen molar-refractivity contribution in [3.05, 3.63) is 24.3 Å². The fourth-order valence-electron chi connectivity index (χ4n) is 3.91. The summed E-state index contributed by atoms with van der Waals surface area (Å²) in [5.41, 5.74) is -0.366. The molecule has 0 bridgehead atoms. The molecule has 2 aliphatic rings. The van der Waals surface area contributed by atoms with Crippen molar-refractivity contribution in [2.24, 2.45) is 10.4 Å². The van der Waals surface area contributed by atoms with Gasteiger partial charge in [0.15, 0.2) is 17.5 Å². The minimum absolute atomic E-state index is 0.0948. The van der Waals surface area contributed by atoms with Crippen molar-refractivity contribution >= 4 is 11.9 Å². The maximum absolute atomic E-state index is 12.7. The number of aliphatic imine (C=N–C) groups is 1. The smallest absolute Gasteiger partial charge is 0.230 e. The normalized spacial score (nSPS) is 20.5. The van der Waals surface area contributed by atoms with Crippen LogP contribution in [0.15, 0.2) is 29.3 Å². The van der Waals surface area contributed by atoms with Crippen molar-refractivity contribution < 1.29 is 14.3 Å². The lowest BCUT2D eigenvalue weighted by atomic mass is 9.85. The average Bonchev–Trinajstić information content (AvgIpc) is 3.19. The largest absolute Gasteiger partial charge is 0.486 e. The Bertz CT molecular complexity index is 699. The van der Waals surface area contributed by atoms with Crippen LogP contribution < -0.4 is 20.1 Å². The van der Waals surface area contributed by atoms with Gasteiger partial charge in [-0.05, 0) is 31.9 Å². The number of benzene rings is 1. The van der Waals surface area contributed by atoms with Crippen LogP contribution in [0, 0.1) is 5.41 Å². The van der Waals surface area contributed by atoms with E-state index >= 15 is 0 Å². The fraction of sp³-hybridized carbons (Fsp3) is 0.619. The summed E-state index contributed by atoms with van der Waals surface area (Å²) in [5, 5.41) is 6.61.